The molecule has 0 bridgehead atoms. The predicted octanol–water partition coefficient (Wildman–Crippen LogP) is 9.03. The number of hydrogen-bond donors (Lipinski definition) is 2. The zero-order valence-electron chi connectivity index (χ0n) is 34.4. The van der Waals surface area contributed by atoms with Crippen LogP contribution in [-0.4, -0.2) is 66.9 Å². The van der Waals surface area contributed by atoms with Gasteiger partial charge in [0.15, 0.2) is 11.6 Å². The standard InChI is InChI=1S/C29H30O4.C21H20O6/c1-4-5-16-31-27(30)22-15-14-21(17-20(22)2)28(3)32-18-29(19-33-28)25-12-8-6-10-23(25)24-11-7-9-13-26(24)29;1-13(19(24)25)21(10-18(22)23)26-11-20(12-27-21)16-8-4-2-6-14(16)15-7-3-5-9-17(15)20/h6-15,17H,4-5,16,18-19H2,1-3H3;2-9,13H,10-12H2,1H3,(H,22,23)(H,24,25). The lowest BCUT2D eigenvalue weighted by atomic mass is 9.78. The van der Waals surface area contributed by atoms with E-state index in [0.717, 1.165) is 46.2 Å². The molecule has 10 heteroatoms. The van der Waals surface area contributed by atoms with Crippen molar-refractivity contribution in [2.75, 3.05) is 33.0 Å². The van der Waals surface area contributed by atoms with E-state index < -0.39 is 41.3 Å². The quantitative estimate of drug-likeness (QED) is 0.110. The fourth-order valence-electron chi connectivity index (χ4n) is 9.27. The summed E-state index contributed by atoms with van der Waals surface area (Å²) in [6.07, 6.45) is 1.34. The van der Waals surface area contributed by atoms with Gasteiger partial charge >= 0.3 is 17.9 Å². The van der Waals surface area contributed by atoms with Crippen molar-refractivity contribution in [1.82, 2.24) is 0 Å². The summed E-state index contributed by atoms with van der Waals surface area (Å²) in [6, 6.07) is 38.8. The molecule has 2 heterocycles. The van der Waals surface area contributed by atoms with E-state index in [2.05, 4.69) is 55.5 Å². The number of unbranched alkanes of at least 4 members (excludes halogenated alkanes) is 1. The number of carboxylic acids is 2. The van der Waals surface area contributed by atoms with Crippen LogP contribution < -0.4 is 0 Å². The maximum atomic E-state index is 12.4. The van der Waals surface area contributed by atoms with E-state index in [1.807, 2.05) is 80.6 Å². The third kappa shape index (κ3) is 6.91. The Hall–Kier alpha value is -5.65. The van der Waals surface area contributed by atoms with E-state index in [1.165, 1.54) is 29.2 Å². The van der Waals surface area contributed by atoms with Gasteiger partial charge in [-0.15, -0.1) is 0 Å². The van der Waals surface area contributed by atoms with Crippen LogP contribution in [-0.2, 0) is 49.9 Å². The van der Waals surface area contributed by atoms with Gasteiger partial charge in [-0.2, -0.15) is 0 Å². The number of carbonyl (C=O) groups is 3. The number of rotatable bonds is 9. The van der Waals surface area contributed by atoms with Crippen LogP contribution in [0.15, 0.2) is 115 Å². The Bertz CT molecular complexity index is 2340. The number of ether oxygens (including phenoxy) is 5. The molecule has 2 N–H and O–H groups in total. The third-order valence-corrected chi connectivity index (χ3v) is 12.8. The Balaban J connectivity index is 0.000000170. The highest BCUT2D eigenvalue weighted by Gasteiger charge is 2.55. The van der Waals surface area contributed by atoms with Gasteiger partial charge in [0.1, 0.15) is 12.3 Å². The number of hydrogen-bond acceptors (Lipinski definition) is 8. The summed E-state index contributed by atoms with van der Waals surface area (Å²) in [5.74, 6) is -6.27. The molecular weight excluding hydrogens is 761 g/mol. The van der Waals surface area contributed by atoms with Crippen molar-refractivity contribution in [2.45, 2.75) is 69.4 Å². The normalized spacial score (nSPS) is 20.1. The maximum Gasteiger partial charge on any atom is 0.338 e. The Morgan fingerprint density at radius 1 is 0.667 bits per heavy atom. The predicted molar refractivity (Wildman–Crippen MR) is 225 cm³/mol. The highest BCUT2D eigenvalue weighted by Crippen LogP contribution is 2.54. The van der Waals surface area contributed by atoms with Crippen molar-refractivity contribution in [3.8, 4) is 22.3 Å². The molecule has 2 aliphatic heterocycles. The van der Waals surface area contributed by atoms with Crippen LogP contribution in [0, 0.1) is 12.8 Å². The van der Waals surface area contributed by atoms with E-state index in [-0.39, 0.29) is 24.6 Å². The molecule has 0 radical (unpaired) electrons. The van der Waals surface area contributed by atoms with Crippen LogP contribution in [0.25, 0.3) is 22.3 Å². The molecule has 2 saturated heterocycles. The Morgan fingerprint density at radius 3 is 1.50 bits per heavy atom. The Labute approximate surface area is 350 Å². The summed E-state index contributed by atoms with van der Waals surface area (Å²) >= 11 is 0. The second kappa shape index (κ2) is 16.1. The van der Waals surface area contributed by atoms with Gasteiger partial charge < -0.3 is 33.9 Å². The van der Waals surface area contributed by atoms with Crippen molar-refractivity contribution in [3.05, 3.63) is 154 Å². The molecule has 4 aliphatic rings. The average Bonchev–Trinajstić information content (AvgIpc) is 3.69. The molecule has 0 saturated carbocycles. The van der Waals surface area contributed by atoms with Gasteiger partial charge in [-0.3, -0.25) is 9.59 Å². The van der Waals surface area contributed by atoms with Gasteiger partial charge in [0.05, 0.1) is 49.4 Å². The second-order valence-corrected chi connectivity index (χ2v) is 16.4. The molecule has 5 aromatic rings. The minimum absolute atomic E-state index is 0.159. The summed E-state index contributed by atoms with van der Waals surface area (Å²) in [6.45, 7) is 9.20. The van der Waals surface area contributed by atoms with Gasteiger partial charge in [0, 0.05) is 5.56 Å². The number of aliphatic carboxylic acids is 2. The Morgan fingerprint density at radius 2 is 1.10 bits per heavy atom. The zero-order valence-corrected chi connectivity index (χ0v) is 34.4. The average molecular weight is 811 g/mol. The number of fused-ring (bicyclic) bond motifs is 10. The first kappa shape index (κ1) is 41.1. The smallest absolute Gasteiger partial charge is 0.338 e. The third-order valence-electron chi connectivity index (χ3n) is 12.8. The molecule has 1 atom stereocenters. The minimum Gasteiger partial charge on any atom is -0.481 e. The van der Waals surface area contributed by atoms with Crippen molar-refractivity contribution >= 4 is 17.9 Å². The molecule has 9 rings (SSSR count). The summed E-state index contributed by atoms with van der Waals surface area (Å²) in [7, 11) is 0. The first-order chi connectivity index (χ1) is 28.9. The summed E-state index contributed by atoms with van der Waals surface area (Å²) in [5.41, 5.74) is 10.8. The highest BCUT2D eigenvalue weighted by molar-refractivity contribution is 5.91. The number of carbonyl (C=O) groups excluding carboxylic acids is 1. The summed E-state index contributed by atoms with van der Waals surface area (Å²) in [5, 5.41) is 18.7. The molecule has 0 aromatic heterocycles. The van der Waals surface area contributed by atoms with Gasteiger partial charge in [-0.25, -0.2) is 4.79 Å². The topological polar surface area (TPSA) is 138 Å². The molecule has 1 unspecified atom stereocenters. The molecule has 2 aliphatic carbocycles. The lowest BCUT2D eigenvalue weighted by Gasteiger charge is -2.46. The monoisotopic (exact) mass is 810 g/mol. The number of esters is 1. The van der Waals surface area contributed by atoms with Crippen LogP contribution in [0.1, 0.15) is 83.8 Å². The van der Waals surface area contributed by atoms with E-state index in [4.69, 9.17) is 23.7 Å². The molecule has 10 nitrogen and oxygen atoms in total. The van der Waals surface area contributed by atoms with E-state index in [0.29, 0.717) is 25.4 Å². The minimum atomic E-state index is -1.69. The lowest BCUT2D eigenvalue weighted by Crippen LogP contribution is -2.57. The summed E-state index contributed by atoms with van der Waals surface area (Å²) in [4.78, 5) is 35.3. The van der Waals surface area contributed by atoms with Crippen LogP contribution in [0.4, 0.5) is 0 Å². The first-order valence-corrected chi connectivity index (χ1v) is 20.6. The second-order valence-electron chi connectivity index (χ2n) is 16.4. The molecule has 60 heavy (non-hydrogen) atoms. The van der Waals surface area contributed by atoms with Crippen LogP contribution in [0.5, 0.6) is 0 Å². The number of carboxylic acid groups (broad SMARTS) is 2. The first-order valence-electron chi connectivity index (χ1n) is 20.6. The van der Waals surface area contributed by atoms with Crippen LogP contribution in [0.2, 0.25) is 0 Å². The molecule has 2 spiro atoms. The number of aryl methyl sites for hydroxylation is 1. The van der Waals surface area contributed by atoms with Crippen molar-refractivity contribution in [2.24, 2.45) is 5.92 Å². The van der Waals surface area contributed by atoms with Gasteiger partial charge in [-0.05, 0) is 89.4 Å². The number of benzene rings is 5. The van der Waals surface area contributed by atoms with Crippen molar-refractivity contribution < 1.29 is 48.3 Å². The fourth-order valence-corrected chi connectivity index (χ4v) is 9.27. The van der Waals surface area contributed by atoms with Crippen molar-refractivity contribution in [1.29, 1.82) is 0 Å². The maximum absolute atomic E-state index is 12.4. The van der Waals surface area contributed by atoms with Gasteiger partial charge in [0.2, 0.25) is 0 Å². The van der Waals surface area contributed by atoms with E-state index >= 15 is 0 Å². The SMILES string of the molecule is CC(C(=O)O)C1(CC(=O)O)OCC2(CO1)c1ccccc1-c1ccccc12.CCCCOC(=O)c1ccc(C2(C)OCC3(CO2)c2ccccc2-c2ccccc23)cc1C. The lowest BCUT2D eigenvalue weighted by molar-refractivity contribution is -0.305. The van der Waals surface area contributed by atoms with Gasteiger partial charge in [-0.1, -0.05) is 116 Å². The Kier molecular flexibility index (Phi) is 11.0. The molecule has 310 valence electrons. The largest absolute Gasteiger partial charge is 0.481 e. The molecule has 2 fully saturated rings. The zero-order chi connectivity index (χ0) is 42.3. The van der Waals surface area contributed by atoms with E-state index in [1.54, 1.807) is 0 Å². The van der Waals surface area contributed by atoms with Crippen LogP contribution in [0.3, 0.4) is 0 Å². The highest BCUT2D eigenvalue weighted by atomic mass is 16.7. The van der Waals surface area contributed by atoms with Crippen molar-refractivity contribution in [3.63, 3.8) is 0 Å². The fraction of sp³-hybridized carbons (Fsp3) is 0.340. The summed E-state index contributed by atoms with van der Waals surface area (Å²) < 4.78 is 30.3. The van der Waals surface area contributed by atoms with Crippen LogP contribution >= 0.6 is 0 Å². The molecular formula is C50H50O10. The van der Waals surface area contributed by atoms with E-state index in [9.17, 15) is 24.6 Å². The molecule has 0 amide bonds. The van der Waals surface area contributed by atoms with Gasteiger partial charge in [0.25, 0.3) is 0 Å². The molecule has 5 aromatic carbocycles.